The van der Waals surface area contributed by atoms with Crippen molar-refractivity contribution >= 4 is 11.8 Å². The van der Waals surface area contributed by atoms with E-state index < -0.39 is 0 Å². The molecule has 1 fully saturated rings. The second-order valence-electron chi connectivity index (χ2n) is 6.71. The summed E-state index contributed by atoms with van der Waals surface area (Å²) >= 11 is 0. The average Bonchev–Trinajstić information content (AvgIpc) is 3.04. The number of aromatic amines is 1. The minimum atomic E-state index is -0.244. The monoisotopic (exact) mass is 350 g/mol. The highest BCUT2D eigenvalue weighted by molar-refractivity contribution is 5.94. The number of ether oxygens (including phenoxy) is 1. The molecule has 0 spiro atoms. The Kier molecular flexibility index (Phi) is 5.70. The average molecular weight is 350 g/mol. The number of hydrogen-bond acceptors (Lipinski definition) is 5. The van der Waals surface area contributed by atoms with Gasteiger partial charge in [0.2, 0.25) is 5.91 Å². The van der Waals surface area contributed by atoms with Gasteiger partial charge in [-0.3, -0.25) is 14.7 Å². The van der Waals surface area contributed by atoms with Crippen LogP contribution in [0.5, 0.6) is 0 Å². The summed E-state index contributed by atoms with van der Waals surface area (Å²) in [6, 6.07) is 0.0936. The molecule has 2 aliphatic rings. The minimum Gasteiger partial charge on any atom is -0.393 e. The van der Waals surface area contributed by atoms with Gasteiger partial charge in [0.1, 0.15) is 6.61 Å². The molecule has 2 heterocycles. The number of rotatable bonds is 5. The SMILES string of the molecule is CCOCC(=O)N1CCc2c(C(=O)NC3CCC(O)CC3)n[nH]c2C1. The fourth-order valence-electron chi connectivity index (χ4n) is 3.47. The topological polar surface area (TPSA) is 108 Å². The van der Waals surface area contributed by atoms with Crippen molar-refractivity contribution in [3.05, 3.63) is 17.0 Å². The van der Waals surface area contributed by atoms with Crippen LogP contribution in [0.1, 0.15) is 54.4 Å². The summed E-state index contributed by atoms with van der Waals surface area (Å²) in [5.41, 5.74) is 2.15. The predicted molar refractivity (Wildman–Crippen MR) is 89.9 cm³/mol. The Morgan fingerprint density at radius 3 is 2.84 bits per heavy atom. The number of carbonyl (C=O) groups is 2. The van der Waals surface area contributed by atoms with Crippen LogP contribution in [0.25, 0.3) is 0 Å². The van der Waals surface area contributed by atoms with Gasteiger partial charge in [0.25, 0.3) is 5.91 Å². The molecular weight excluding hydrogens is 324 g/mol. The molecule has 8 heteroatoms. The smallest absolute Gasteiger partial charge is 0.272 e. The van der Waals surface area contributed by atoms with E-state index in [2.05, 4.69) is 15.5 Å². The summed E-state index contributed by atoms with van der Waals surface area (Å²) in [6.07, 6.45) is 3.39. The summed E-state index contributed by atoms with van der Waals surface area (Å²) in [5.74, 6) is -0.221. The van der Waals surface area contributed by atoms with E-state index in [1.54, 1.807) is 4.90 Å². The fourth-order valence-corrected chi connectivity index (χ4v) is 3.47. The van der Waals surface area contributed by atoms with Crippen LogP contribution in [0, 0.1) is 0 Å². The number of aliphatic hydroxyl groups excluding tert-OH is 1. The van der Waals surface area contributed by atoms with Crippen molar-refractivity contribution in [3.8, 4) is 0 Å². The first-order valence-electron chi connectivity index (χ1n) is 8.99. The van der Waals surface area contributed by atoms with Crippen LogP contribution < -0.4 is 5.32 Å². The lowest BCUT2D eigenvalue weighted by Crippen LogP contribution is -2.40. The van der Waals surface area contributed by atoms with E-state index in [-0.39, 0.29) is 30.6 Å². The van der Waals surface area contributed by atoms with Gasteiger partial charge in [0.15, 0.2) is 5.69 Å². The highest BCUT2D eigenvalue weighted by Gasteiger charge is 2.29. The number of carbonyl (C=O) groups excluding carboxylic acids is 2. The summed E-state index contributed by atoms with van der Waals surface area (Å²) < 4.78 is 5.17. The molecule has 0 aromatic carbocycles. The molecule has 25 heavy (non-hydrogen) atoms. The maximum Gasteiger partial charge on any atom is 0.272 e. The number of nitrogens with one attached hydrogen (secondary N) is 2. The second kappa shape index (κ2) is 7.97. The lowest BCUT2D eigenvalue weighted by molar-refractivity contribution is -0.136. The zero-order valence-corrected chi connectivity index (χ0v) is 14.6. The number of fused-ring (bicyclic) bond motifs is 1. The number of aromatic nitrogens is 2. The number of hydrogen-bond donors (Lipinski definition) is 3. The summed E-state index contributed by atoms with van der Waals surface area (Å²) in [6.45, 7) is 3.44. The molecule has 0 unspecified atom stereocenters. The molecule has 138 valence electrons. The highest BCUT2D eigenvalue weighted by Crippen LogP contribution is 2.22. The van der Waals surface area contributed by atoms with Gasteiger partial charge in [0.05, 0.1) is 18.3 Å². The lowest BCUT2D eigenvalue weighted by Gasteiger charge is -2.27. The first-order chi connectivity index (χ1) is 12.1. The van der Waals surface area contributed by atoms with E-state index in [0.29, 0.717) is 31.8 Å². The molecule has 1 aliphatic heterocycles. The normalized spacial score (nSPS) is 23.2. The Labute approximate surface area is 146 Å². The van der Waals surface area contributed by atoms with E-state index in [0.717, 1.165) is 36.9 Å². The van der Waals surface area contributed by atoms with Gasteiger partial charge in [-0.15, -0.1) is 0 Å². The van der Waals surface area contributed by atoms with Crippen LogP contribution in [-0.2, 0) is 22.5 Å². The molecule has 0 radical (unpaired) electrons. The van der Waals surface area contributed by atoms with Crippen molar-refractivity contribution < 1.29 is 19.4 Å². The van der Waals surface area contributed by atoms with E-state index in [4.69, 9.17) is 4.74 Å². The van der Waals surface area contributed by atoms with Crippen molar-refractivity contribution in [1.82, 2.24) is 20.4 Å². The molecule has 2 amide bonds. The fraction of sp³-hybridized carbons (Fsp3) is 0.706. The maximum absolute atomic E-state index is 12.5. The quantitative estimate of drug-likeness (QED) is 0.711. The van der Waals surface area contributed by atoms with E-state index in [9.17, 15) is 14.7 Å². The standard InChI is InChI=1S/C17H26N4O4/c1-2-25-10-15(23)21-8-7-13-14(9-21)19-20-16(13)17(24)18-11-3-5-12(22)6-4-11/h11-12,22H,2-10H2,1H3,(H,18,24)(H,19,20). The Hall–Kier alpha value is -1.93. The summed E-state index contributed by atoms with van der Waals surface area (Å²) in [5, 5.41) is 19.7. The van der Waals surface area contributed by atoms with Gasteiger partial charge in [0, 0.05) is 24.8 Å². The van der Waals surface area contributed by atoms with Crippen LogP contribution in [0.15, 0.2) is 0 Å². The largest absolute Gasteiger partial charge is 0.393 e. The van der Waals surface area contributed by atoms with Crippen molar-refractivity contribution in [1.29, 1.82) is 0 Å². The molecule has 0 saturated heterocycles. The van der Waals surface area contributed by atoms with Gasteiger partial charge in [-0.05, 0) is 39.0 Å². The van der Waals surface area contributed by atoms with Gasteiger partial charge in [-0.1, -0.05) is 0 Å². The third-order valence-electron chi connectivity index (χ3n) is 4.96. The van der Waals surface area contributed by atoms with E-state index >= 15 is 0 Å². The Balaban J connectivity index is 1.60. The molecule has 1 aromatic rings. The number of amides is 2. The Bertz CT molecular complexity index is 622. The first kappa shape index (κ1) is 17.9. The van der Waals surface area contributed by atoms with Crippen molar-refractivity contribution in [2.45, 2.75) is 57.7 Å². The highest BCUT2D eigenvalue weighted by atomic mass is 16.5. The van der Waals surface area contributed by atoms with Gasteiger partial charge in [-0.2, -0.15) is 5.10 Å². The molecule has 1 aromatic heterocycles. The first-order valence-corrected chi connectivity index (χ1v) is 8.99. The van der Waals surface area contributed by atoms with Crippen LogP contribution in [0.2, 0.25) is 0 Å². The maximum atomic E-state index is 12.5. The van der Waals surface area contributed by atoms with Crippen LogP contribution in [-0.4, -0.2) is 63.9 Å². The molecule has 1 aliphatic carbocycles. The third-order valence-corrected chi connectivity index (χ3v) is 4.96. The molecule has 3 N–H and O–H groups in total. The van der Waals surface area contributed by atoms with Crippen molar-refractivity contribution in [2.24, 2.45) is 0 Å². The minimum absolute atomic E-state index is 0.0473. The third kappa shape index (κ3) is 4.19. The second-order valence-corrected chi connectivity index (χ2v) is 6.71. The Morgan fingerprint density at radius 1 is 1.36 bits per heavy atom. The molecule has 3 rings (SSSR count). The number of H-pyrrole nitrogens is 1. The van der Waals surface area contributed by atoms with Gasteiger partial charge >= 0.3 is 0 Å². The molecule has 0 bridgehead atoms. The van der Waals surface area contributed by atoms with E-state index in [1.165, 1.54) is 0 Å². The number of nitrogens with zero attached hydrogens (tertiary/aromatic N) is 2. The lowest BCUT2D eigenvalue weighted by atomic mass is 9.93. The van der Waals surface area contributed by atoms with Gasteiger partial charge < -0.3 is 20.1 Å². The summed E-state index contributed by atoms with van der Waals surface area (Å²) in [7, 11) is 0. The van der Waals surface area contributed by atoms with E-state index in [1.807, 2.05) is 6.92 Å². The van der Waals surface area contributed by atoms with Crippen LogP contribution in [0.3, 0.4) is 0 Å². The molecular formula is C17H26N4O4. The number of aliphatic hydroxyl groups is 1. The zero-order valence-electron chi connectivity index (χ0n) is 14.6. The van der Waals surface area contributed by atoms with Crippen LogP contribution >= 0.6 is 0 Å². The van der Waals surface area contributed by atoms with Crippen molar-refractivity contribution in [2.75, 3.05) is 19.8 Å². The zero-order chi connectivity index (χ0) is 17.8. The Morgan fingerprint density at radius 2 is 2.12 bits per heavy atom. The van der Waals surface area contributed by atoms with Crippen LogP contribution in [0.4, 0.5) is 0 Å². The van der Waals surface area contributed by atoms with Crippen molar-refractivity contribution in [3.63, 3.8) is 0 Å². The summed E-state index contributed by atoms with van der Waals surface area (Å²) in [4.78, 5) is 26.3. The van der Waals surface area contributed by atoms with Gasteiger partial charge in [-0.25, -0.2) is 0 Å². The molecule has 1 saturated carbocycles. The molecule has 0 atom stereocenters. The molecule has 8 nitrogen and oxygen atoms in total. The predicted octanol–water partition coefficient (Wildman–Crippen LogP) is 0.364.